The Morgan fingerprint density at radius 2 is 1.57 bits per heavy atom. The number of esters is 3. The van der Waals surface area contributed by atoms with Crippen molar-refractivity contribution in [1.29, 1.82) is 0 Å². The Bertz CT molecular complexity index is 985. The fourth-order valence-corrected chi connectivity index (χ4v) is 3.84. The van der Waals surface area contributed by atoms with Gasteiger partial charge in [-0.3, -0.25) is 14.6 Å². The molecule has 206 valence electrons. The van der Waals surface area contributed by atoms with Gasteiger partial charge in [0.1, 0.15) is 0 Å². The van der Waals surface area contributed by atoms with Crippen LogP contribution >= 0.6 is 40.5 Å². The standard InChI is InChI=1S/C13H16N2O6S.C8H12N2O3S.BrH/c1-3-20-11(18)8(16)7-9(10(17)12(19)21-4-2)22-13-14-5-6-15-13;1-2-13-7(12)6(11)5-14-8-9-3-4-10-8;/h5-6,17H,3-4,7H2,1-2H3,(H,14,15);2-5H2,1H3,(H,9,10);1H. The van der Waals surface area contributed by atoms with E-state index in [4.69, 9.17) is 0 Å². The Morgan fingerprint density at radius 1 is 0.973 bits per heavy atom. The number of aromatic nitrogens is 2. The number of amidine groups is 1. The second kappa shape index (κ2) is 19.3. The number of allylic oxidation sites excluding steroid dienone is 1. The maximum atomic E-state index is 11.7. The van der Waals surface area contributed by atoms with Gasteiger partial charge in [-0.1, -0.05) is 23.5 Å². The number of carbonyl (C=O) groups is 5. The Balaban J connectivity index is 0.000000747. The molecule has 0 saturated carbocycles. The van der Waals surface area contributed by atoms with E-state index >= 15 is 0 Å². The van der Waals surface area contributed by atoms with Gasteiger partial charge in [-0.25, -0.2) is 19.4 Å². The van der Waals surface area contributed by atoms with E-state index in [9.17, 15) is 29.1 Å². The van der Waals surface area contributed by atoms with Gasteiger partial charge < -0.3 is 29.6 Å². The zero-order chi connectivity index (χ0) is 26.9. The second-order valence-electron chi connectivity index (χ2n) is 6.36. The van der Waals surface area contributed by atoms with E-state index in [0.29, 0.717) is 5.16 Å². The van der Waals surface area contributed by atoms with E-state index < -0.39 is 41.7 Å². The molecule has 2 rings (SSSR count). The van der Waals surface area contributed by atoms with Gasteiger partial charge in [-0.05, 0) is 20.8 Å². The molecule has 13 nitrogen and oxygen atoms in total. The second-order valence-corrected chi connectivity index (χ2v) is 8.40. The molecule has 1 aliphatic rings. The Hall–Kier alpha value is -2.85. The first kappa shape index (κ1) is 34.1. The lowest BCUT2D eigenvalue weighted by molar-refractivity contribution is -0.153. The van der Waals surface area contributed by atoms with E-state index in [1.807, 2.05) is 0 Å². The molecular weight excluding hydrogens is 596 g/mol. The maximum Gasteiger partial charge on any atom is 0.375 e. The average Bonchev–Trinajstić information content (AvgIpc) is 3.57. The SMILES string of the molecule is Br.CCOC(=O)C(=O)CC(Sc1ncc[nH]1)=C(O)C(=O)OCC.CCOC(=O)C(=O)CSC1=NCCN1. The first-order valence-electron chi connectivity index (χ1n) is 10.8. The summed E-state index contributed by atoms with van der Waals surface area (Å²) in [5.41, 5.74) is 0. The highest BCUT2D eigenvalue weighted by atomic mass is 79.9. The van der Waals surface area contributed by atoms with Gasteiger partial charge in [0.05, 0.1) is 43.4 Å². The number of hydrogen-bond acceptors (Lipinski definition) is 14. The van der Waals surface area contributed by atoms with Crippen LogP contribution in [0.15, 0.2) is 33.2 Å². The normalized spacial score (nSPS) is 12.4. The quantitative estimate of drug-likeness (QED) is 0.0762. The molecule has 0 atom stereocenters. The molecule has 2 heterocycles. The van der Waals surface area contributed by atoms with E-state index in [0.717, 1.165) is 30.0 Å². The van der Waals surface area contributed by atoms with Crippen LogP contribution in [-0.4, -0.2) is 88.4 Å². The van der Waals surface area contributed by atoms with Crippen molar-refractivity contribution in [2.75, 3.05) is 38.7 Å². The third kappa shape index (κ3) is 13.3. The summed E-state index contributed by atoms with van der Waals surface area (Å²) in [5, 5.41) is 14.0. The topological polar surface area (TPSA) is 186 Å². The van der Waals surface area contributed by atoms with Crippen molar-refractivity contribution in [3.8, 4) is 0 Å². The summed E-state index contributed by atoms with van der Waals surface area (Å²) in [6.07, 6.45) is 2.51. The number of aliphatic hydroxyl groups excluding tert-OH is 1. The summed E-state index contributed by atoms with van der Waals surface area (Å²) in [4.78, 5) is 67.4. The van der Waals surface area contributed by atoms with Crippen LogP contribution in [0.4, 0.5) is 0 Å². The molecule has 37 heavy (non-hydrogen) atoms. The number of thioether (sulfide) groups is 2. The van der Waals surface area contributed by atoms with E-state index in [-0.39, 0.29) is 47.5 Å². The Morgan fingerprint density at radius 3 is 2.08 bits per heavy atom. The number of ether oxygens (including phenoxy) is 3. The maximum absolute atomic E-state index is 11.7. The highest BCUT2D eigenvalue weighted by molar-refractivity contribution is 8.93. The van der Waals surface area contributed by atoms with Crippen molar-refractivity contribution in [3.05, 3.63) is 23.1 Å². The van der Waals surface area contributed by atoms with Crippen molar-refractivity contribution in [2.24, 2.45) is 4.99 Å². The fourth-order valence-electron chi connectivity index (χ4n) is 2.21. The monoisotopic (exact) mass is 624 g/mol. The van der Waals surface area contributed by atoms with Gasteiger partial charge in [0.25, 0.3) is 0 Å². The molecule has 1 aromatic heterocycles. The number of H-pyrrole nitrogens is 1. The van der Waals surface area contributed by atoms with Gasteiger partial charge >= 0.3 is 17.9 Å². The number of Topliss-reactive ketones (excluding diaryl/α,β-unsaturated/α-hetero) is 2. The van der Waals surface area contributed by atoms with Gasteiger partial charge in [0.2, 0.25) is 17.3 Å². The van der Waals surface area contributed by atoms with Gasteiger partial charge in [-0.2, -0.15) is 0 Å². The highest BCUT2D eigenvalue weighted by Crippen LogP contribution is 2.29. The summed E-state index contributed by atoms with van der Waals surface area (Å²) < 4.78 is 13.8. The van der Waals surface area contributed by atoms with Crippen molar-refractivity contribution in [3.63, 3.8) is 0 Å². The first-order valence-corrected chi connectivity index (χ1v) is 12.6. The number of nitrogens with zero attached hydrogens (tertiary/aromatic N) is 2. The predicted molar refractivity (Wildman–Crippen MR) is 142 cm³/mol. The molecule has 0 aliphatic carbocycles. The lowest BCUT2D eigenvalue weighted by Crippen LogP contribution is -2.22. The lowest BCUT2D eigenvalue weighted by atomic mass is 10.2. The summed E-state index contributed by atoms with van der Waals surface area (Å²) in [7, 11) is 0. The van der Waals surface area contributed by atoms with Gasteiger partial charge in [0, 0.05) is 18.9 Å². The number of carbonyl (C=O) groups excluding carboxylic acids is 5. The van der Waals surface area contributed by atoms with Crippen molar-refractivity contribution >= 4 is 75.1 Å². The molecular formula is C21H29BrN4O9S2. The molecule has 0 aromatic carbocycles. The van der Waals surface area contributed by atoms with Crippen LogP contribution in [0.3, 0.4) is 0 Å². The number of hydrogen-bond donors (Lipinski definition) is 3. The molecule has 16 heteroatoms. The fraction of sp³-hybridized carbons (Fsp3) is 0.476. The minimum Gasteiger partial charge on any atom is -0.501 e. The molecule has 0 unspecified atom stereocenters. The smallest absolute Gasteiger partial charge is 0.375 e. The van der Waals surface area contributed by atoms with Crippen LogP contribution in [0, 0.1) is 0 Å². The molecule has 0 spiro atoms. The van der Waals surface area contributed by atoms with Crippen LogP contribution in [-0.2, 0) is 38.2 Å². The van der Waals surface area contributed by atoms with Gasteiger partial charge in [-0.15, -0.1) is 17.0 Å². The molecule has 0 bridgehead atoms. The van der Waals surface area contributed by atoms with Crippen LogP contribution in [0.1, 0.15) is 27.2 Å². The number of aliphatic imine (C=N–C) groups is 1. The summed E-state index contributed by atoms with van der Waals surface area (Å²) in [5.74, 6) is -4.82. The number of nitrogens with one attached hydrogen (secondary N) is 2. The summed E-state index contributed by atoms with van der Waals surface area (Å²) >= 11 is 2.09. The number of imidazole rings is 1. The number of ketones is 2. The zero-order valence-electron chi connectivity index (χ0n) is 20.4. The largest absolute Gasteiger partial charge is 0.501 e. The summed E-state index contributed by atoms with van der Waals surface area (Å²) in [6, 6.07) is 0. The van der Waals surface area contributed by atoms with Gasteiger partial charge in [0.15, 0.2) is 10.3 Å². The van der Waals surface area contributed by atoms with Crippen molar-refractivity contribution in [1.82, 2.24) is 15.3 Å². The van der Waals surface area contributed by atoms with Crippen molar-refractivity contribution < 1.29 is 43.3 Å². The lowest BCUT2D eigenvalue weighted by Gasteiger charge is -2.08. The minimum absolute atomic E-state index is 0. The molecule has 3 N–H and O–H groups in total. The molecule has 0 radical (unpaired) electrons. The van der Waals surface area contributed by atoms with E-state index in [2.05, 4.69) is 34.5 Å². The molecule has 0 saturated heterocycles. The third-order valence-corrected chi connectivity index (χ3v) is 5.69. The predicted octanol–water partition coefficient (Wildman–Crippen LogP) is 1.75. The Kier molecular flexibility index (Phi) is 17.8. The number of aliphatic hydroxyl groups is 1. The zero-order valence-corrected chi connectivity index (χ0v) is 23.8. The highest BCUT2D eigenvalue weighted by Gasteiger charge is 2.24. The summed E-state index contributed by atoms with van der Waals surface area (Å²) in [6.45, 7) is 6.69. The number of aromatic amines is 1. The van der Waals surface area contributed by atoms with Crippen LogP contribution in [0.25, 0.3) is 0 Å². The van der Waals surface area contributed by atoms with Crippen LogP contribution in [0.5, 0.6) is 0 Å². The molecule has 1 aromatic rings. The number of rotatable bonds is 12. The Labute approximate surface area is 232 Å². The minimum atomic E-state index is -1.03. The molecule has 1 aliphatic heterocycles. The first-order chi connectivity index (χ1) is 17.2. The molecule has 0 fully saturated rings. The number of halogens is 1. The molecule has 0 amide bonds. The third-order valence-electron chi connectivity index (χ3n) is 3.74. The van der Waals surface area contributed by atoms with Crippen LogP contribution in [0.2, 0.25) is 0 Å². The van der Waals surface area contributed by atoms with E-state index in [1.54, 1.807) is 20.8 Å². The average molecular weight is 626 g/mol. The van der Waals surface area contributed by atoms with E-state index in [1.165, 1.54) is 24.2 Å². The van der Waals surface area contributed by atoms with Crippen molar-refractivity contribution in [2.45, 2.75) is 32.3 Å². The van der Waals surface area contributed by atoms with Crippen LogP contribution < -0.4 is 5.32 Å².